The van der Waals surface area contributed by atoms with Crippen LogP contribution in [0.15, 0.2) is 18.2 Å². The highest BCUT2D eigenvalue weighted by Crippen LogP contribution is 2.23. The van der Waals surface area contributed by atoms with Crippen LogP contribution in [0.3, 0.4) is 0 Å². The van der Waals surface area contributed by atoms with E-state index < -0.39 is 0 Å². The molecular formula is C11H13BrO3. The van der Waals surface area contributed by atoms with Gasteiger partial charge in [-0.2, -0.15) is 0 Å². The predicted octanol–water partition coefficient (Wildman–Crippen LogP) is 2.77. The summed E-state index contributed by atoms with van der Waals surface area (Å²) >= 11 is 3.36. The molecule has 4 heteroatoms. The lowest BCUT2D eigenvalue weighted by Crippen LogP contribution is -2.03. The van der Waals surface area contributed by atoms with E-state index >= 15 is 0 Å². The van der Waals surface area contributed by atoms with Gasteiger partial charge in [0, 0.05) is 10.9 Å². The van der Waals surface area contributed by atoms with E-state index in [9.17, 15) is 4.79 Å². The van der Waals surface area contributed by atoms with Gasteiger partial charge in [0.1, 0.15) is 5.75 Å². The number of esters is 1. The second-order valence-corrected chi connectivity index (χ2v) is 3.44. The Morgan fingerprint density at radius 3 is 2.73 bits per heavy atom. The number of ether oxygens (including phenoxy) is 2. The molecule has 0 heterocycles. The monoisotopic (exact) mass is 272 g/mol. The third-order valence-corrected chi connectivity index (χ3v) is 2.54. The van der Waals surface area contributed by atoms with Gasteiger partial charge in [0.05, 0.1) is 19.3 Å². The van der Waals surface area contributed by atoms with Crippen LogP contribution in [-0.4, -0.2) is 19.7 Å². The number of rotatable bonds is 4. The van der Waals surface area contributed by atoms with E-state index in [4.69, 9.17) is 4.74 Å². The van der Waals surface area contributed by atoms with Crippen molar-refractivity contribution in [1.82, 2.24) is 0 Å². The predicted molar refractivity (Wildman–Crippen MR) is 61.6 cm³/mol. The normalized spacial score (nSPS) is 9.80. The van der Waals surface area contributed by atoms with Crippen molar-refractivity contribution < 1.29 is 14.3 Å². The first-order valence-corrected chi connectivity index (χ1v) is 5.75. The summed E-state index contributed by atoms with van der Waals surface area (Å²) in [6.07, 6.45) is 0. The molecule has 0 saturated heterocycles. The molecule has 0 amide bonds. The summed E-state index contributed by atoms with van der Waals surface area (Å²) in [6, 6.07) is 5.28. The molecule has 0 saturated carbocycles. The van der Waals surface area contributed by atoms with Crippen LogP contribution in [0.2, 0.25) is 0 Å². The number of carbonyl (C=O) groups excluding carboxylic acids is 1. The van der Waals surface area contributed by atoms with E-state index in [2.05, 4.69) is 20.7 Å². The Kier molecular flexibility index (Phi) is 4.62. The van der Waals surface area contributed by atoms with Gasteiger partial charge in [0.2, 0.25) is 0 Å². The molecule has 0 bridgehead atoms. The van der Waals surface area contributed by atoms with Crippen molar-refractivity contribution in [3.63, 3.8) is 0 Å². The van der Waals surface area contributed by atoms with Gasteiger partial charge in [-0.05, 0) is 19.1 Å². The van der Waals surface area contributed by atoms with E-state index in [0.29, 0.717) is 17.5 Å². The number of methoxy groups -OCH3 is 1. The minimum absolute atomic E-state index is 0.350. The molecule has 1 aromatic carbocycles. The molecule has 0 aliphatic heterocycles. The summed E-state index contributed by atoms with van der Waals surface area (Å²) in [5.41, 5.74) is 1.52. The van der Waals surface area contributed by atoms with Gasteiger partial charge >= 0.3 is 5.97 Å². The Morgan fingerprint density at radius 1 is 1.47 bits per heavy atom. The molecule has 15 heavy (non-hydrogen) atoms. The van der Waals surface area contributed by atoms with Gasteiger partial charge in [0.25, 0.3) is 0 Å². The van der Waals surface area contributed by atoms with Crippen LogP contribution in [-0.2, 0) is 10.1 Å². The molecule has 0 unspecified atom stereocenters. The molecule has 1 aromatic rings. The molecule has 0 spiro atoms. The van der Waals surface area contributed by atoms with Gasteiger partial charge in [-0.3, -0.25) is 0 Å². The molecular weight excluding hydrogens is 260 g/mol. The molecule has 0 atom stereocenters. The van der Waals surface area contributed by atoms with Crippen LogP contribution >= 0.6 is 15.9 Å². The largest absolute Gasteiger partial charge is 0.494 e. The second kappa shape index (κ2) is 5.75. The summed E-state index contributed by atoms with van der Waals surface area (Å²) in [5, 5.41) is 0.698. The fourth-order valence-electron chi connectivity index (χ4n) is 1.20. The highest BCUT2D eigenvalue weighted by atomic mass is 79.9. The van der Waals surface area contributed by atoms with Crippen molar-refractivity contribution in [2.75, 3.05) is 13.7 Å². The summed E-state index contributed by atoms with van der Waals surface area (Å²) in [7, 11) is 1.36. The number of hydrogen-bond donors (Lipinski definition) is 0. The maximum absolute atomic E-state index is 11.3. The van der Waals surface area contributed by atoms with E-state index in [1.165, 1.54) is 7.11 Å². The number of carbonyl (C=O) groups is 1. The minimum atomic E-state index is -0.350. The van der Waals surface area contributed by atoms with Crippen molar-refractivity contribution in [3.05, 3.63) is 29.3 Å². The lowest BCUT2D eigenvalue weighted by Gasteiger charge is -2.09. The van der Waals surface area contributed by atoms with E-state index in [-0.39, 0.29) is 5.97 Å². The van der Waals surface area contributed by atoms with Crippen molar-refractivity contribution in [1.29, 1.82) is 0 Å². The third-order valence-electron chi connectivity index (χ3n) is 1.93. The van der Waals surface area contributed by atoms with E-state index in [1.807, 2.05) is 13.0 Å². The topological polar surface area (TPSA) is 35.5 Å². The van der Waals surface area contributed by atoms with Crippen LogP contribution in [0, 0.1) is 0 Å². The van der Waals surface area contributed by atoms with Crippen LogP contribution < -0.4 is 4.74 Å². The average molecular weight is 273 g/mol. The Balaban J connectivity index is 3.04. The van der Waals surface area contributed by atoms with E-state index in [1.54, 1.807) is 12.1 Å². The van der Waals surface area contributed by atoms with Crippen LogP contribution in [0.5, 0.6) is 5.75 Å². The fourth-order valence-corrected chi connectivity index (χ4v) is 1.66. The van der Waals surface area contributed by atoms with Gasteiger partial charge in [-0.1, -0.05) is 22.0 Å². The van der Waals surface area contributed by atoms with Crippen LogP contribution in [0.1, 0.15) is 22.8 Å². The van der Waals surface area contributed by atoms with Crippen LogP contribution in [0.4, 0.5) is 0 Å². The average Bonchev–Trinajstić information content (AvgIpc) is 2.28. The van der Waals surface area contributed by atoms with Crippen molar-refractivity contribution in [2.45, 2.75) is 12.3 Å². The molecule has 0 N–H and O–H groups in total. The summed E-state index contributed by atoms with van der Waals surface area (Å²) in [5.74, 6) is 0.370. The lowest BCUT2D eigenvalue weighted by molar-refractivity contribution is 0.0600. The summed E-state index contributed by atoms with van der Waals surface area (Å²) in [6.45, 7) is 2.48. The third kappa shape index (κ3) is 2.96. The van der Waals surface area contributed by atoms with Crippen molar-refractivity contribution in [3.8, 4) is 5.75 Å². The van der Waals surface area contributed by atoms with Crippen LogP contribution in [0.25, 0.3) is 0 Å². The van der Waals surface area contributed by atoms with Gasteiger partial charge in [-0.15, -0.1) is 0 Å². The van der Waals surface area contributed by atoms with Gasteiger partial charge in [-0.25, -0.2) is 4.79 Å². The number of halogens is 1. The molecule has 0 aromatic heterocycles. The van der Waals surface area contributed by atoms with E-state index in [0.717, 1.165) is 11.3 Å². The Labute approximate surface area is 97.5 Å². The molecule has 82 valence electrons. The molecule has 1 rings (SSSR count). The lowest BCUT2D eigenvalue weighted by atomic mass is 10.1. The zero-order valence-corrected chi connectivity index (χ0v) is 10.3. The van der Waals surface area contributed by atoms with Gasteiger partial charge < -0.3 is 9.47 Å². The second-order valence-electron chi connectivity index (χ2n) is 2.88. The Morgan fingerprint density at radius 2 is 2.20 bits per heavy atom. The fraction of sp³-hybridized carbons (Fsp3) is 0.364. The zero-order chi connectivity index (χ0) is 11.3. The highest BCUT2D eigenvalue weighted by molar-refractivity contribution is 9.08. The van der Waals surface area contributed by atoms with Crippen molar-refractivity contribution >= 4 is 21.9 Å². The molecule has 3 nitrogen and oxygen atoms in total. The van der Waals surface area contributed by atoms with Gasteiger partial charge in [0.15, 0.2) is 0 Å². The zero-order valence-electron chi connectivity index (χ0n) is 8.75. The molecule has 0 aliphatic rings. The standard InChI is InChI=1S/C11H13BrO3/c1-3-15-10-6-8(11(13)14-2)4-5-9(10)7-12/h4-6H,3,7H2,1-2H3. The maximum Gasteiger partial charge on any atom is 0.337 e. The molecule has 0 fully saturated rings. The number of alkyl halides is 1. The smallest absolute Gasteiger partial charge is 0.337 e. The SMILES string of the molecule is CCOc1cc(C(=O)OC)ccc1CBr. The van der Waals surface area contributed by atoms with Crippen molar-refractivity contribution in [2.24, 2.45) is 0 Å². The quantitative estimate of drug-likeness (QED) is 0.625. The first-order valence-electron chi connectivity index (χ1n) is 4.63. The summed E-state index contributed by atoms with van der Waals surface area (Å²) in [4.78, 5) is 11.3. The molecule has 0 aliphatic carbocycles. The Hall–Kier alpha value is -1.03. The first kappa shape index (κ1) is 12.0. The summed E-state index contributed by atoms with van der Waals surface area (Å²) < 4.78 is 10.1. The first-order chi connectivity index (χ1) is 7.22. The number of benzene rings is 1. The Bertz CT molecular complexity index is 350. The maximum atomic E-state index is 11.3. The highest BCUT2D eigenvalue weighted by Gasteiger charge is 2.09. The number of hydrogen-bond acceptors (Lipinski definition) is 3. The molecule has 0 radical (unpaired) electrons. The minimum Gasteiger partial charge on any atom is -0.494 e.